The smallest absolute Gasteiger partial charge is 0.227 e. The Bertz CT molecular complexity index is 1530. The van der Waals surface area contributed by atoms with Gasteiger partial charge in [0.25, 0.3) is 0 Å². The summed E-state index contributed by atoms with van der Waals surface area (Å²) in [4.78, 5) is 8.61. The maximum atomic E-state index is 14.6. The van der Waals surface area contributed by atoms with Crippen LogP contribution in [0.25, 0.3) is 44.5 Å². The third kappa shape index (κ3) is 2.79. The minimum Gasteiger partial charge on any atom is -0.437 e. The van der Waals surface area contributed by atoms with Crippen LogP contribution in [-0.2, 0) is 0 Å². The van der Waals surface area contributed by atoms with E-state index in [1.165, 1.54) is 18.3 Å². The van der Waals surface area contributed by atoms with Gasteiger partial charge in [0.15, 0.2) is 23.3 Å². The van der Waals surface area contributed by atoms with Crippen LogP contribution >= 0.6 is 0 Å². The Morgan fingerprint density at radius 1 is 0.719 bits per heavy atom. The summed E-state index contributed by atoms with van der Waals surface area (Å²) in [7, 11) is 0. The van der Waals surface area contributed by atoms with Gasteiger partial charge in [-0.2, -0.15) is 0 Å². The molecule has 8 heteroatoms. The largest absolute Gasteiger partial charge is 0.437 e. The molecule has 0 spiro atoms. The summed E-state index contributed by atoms with van der Waals surface area (Å²) in [6.07, 6.45) is 1.37. The highest BCUT2D eigenvalue weighted by atomic mass is 19.2. The molecule has 5 rings (SSSR count). The fraction of sp³-hybridized carbons (Fsp3) is 0.0833. The number of hydrogen-bond donors (Lipinski definition) is 0. The van der Waals surface area contributed by atoms with E-state index in [0.717, 1.165) is 11.1 Å². The maximum Gasteiger partial charge on any atom is 0.227 e. The van der Waals surface area contributed by atoms with Crippen molar-refractivity contribution in [2.45, 2.75) is 13.8 Å². The normalized spacial score (nSPS) is 11.6. The number of hydrogen-bond acceptors (Lipinski definition) is 3. The van der Waals surface area contributed by atoms with Crippen molar-refractivity contribution in [2.75, 3.05) is 0 Å². The summed E-state index contributed by atoms with van der Waals surface area (Å²) >= 11 is 0. The zero-order chi connectivity index (χ0) is 22.7. The van der Waals surface area contributed by atoms with Gasteiger partial charge in [-0.05, 0) is 37.6 Å². The van der Waals surface area contributed by atoms with Gasteiger partial charge >= 0.3 is 0 Å². The summed E-state index contributed by atoms with van der Waals surface area (Å²) in [6, 6.07) is 9.85. The topological polar surface area (TPSA) is 38.9 Å². The van der Waals surface area contributed by atoms with Crippen LogP contribution in [0.4, 0.5) is 22.0 Å². The van der Waals surface area contributed by atoms with Crippen LogP contribution in [0.2, 0.25) is 0 Å². The number of aromatic nitrogens is 2. The van der Waals surface area contributed by atoms with Gasteiger partial charge in [-0.25, -0.2) is 26.9 Å². The molecule has 5 aromatic rings. The quantitative estimate of drug-likeness (QED) is 0.168. The molecule has 2 aromatic carbocycles. The van der Waals surface area contributed by atoms with Gasteiger partial charge in [0.2, 0.25) is 11.5 Å². The molecule has 0 amide bonds. The second kappa shape index (κ2) is 7.12. The predicted octanol–water partition coefficient (Wildman–Crippen LogP) is 7.02. The first-order valence-electron chi connectivity index (χ1n) is 9.56. The van der Waals surface area contributed by atoms with Crippen LogP contribution in [-0.4, -0.2) is 9.97 Å². The lowest BCUT2D eigenvalue weighted by molar-refractivity contribution is 0.381. The van der Waals surface area contributed by atoms with Crippen molar-refractivity contribution >= 4 is 22.1 Å². The third-order valence-corrected chi connectivity index (χ3v) is 5.38. The maximum absolute atomic E-state index is 14.6. The Morgan fingerprint density at radius 2 is 1.38 bits per heavy atom. The summed E-state index contributed by atoms with van der Waals surface area (Å²) in [5.74, 6) is -10.1. The molecule has 0 radical (unpaired) electrons. The van der Waals surface area contributed by atoms with Crippen molar-refractivity contribution in [3.63, 3.8) is 0 Å². The Morgan fingerprint density at radius 3 is 2.09 bits per heavy atom. The van der Waals surface area contributed by atoms with Gasteiger partial charge in [-0.1, -0.05) is 18.2 Å². The lowest BCUT2D eigenvalue weighted by Gasteiger charge is -2.14. The van der Waals surface area contributed by atoms with Gasteiger partial charge in [0, 0.05) is 33.8 Å². The number of fused-ring (bicyclic) bond motifs is 3. The van der Waals surface area contributed by atoms with E-state index in [1.54, 1.807) is 19.9 Å². The van der Waals surface area contributed by atoms with E-state index < -0.39 is 34.6 Å². The molecular formula is C24H13F5N2O. The van der Waals surface area contributed by atoms with Crippen LogP contribution in [0.5, 0.6) is 0 Å². The summed E-state index contributed by atoms with van der Waals surface area (Å²) in [5.41, 5.74) is 1.17. The number of rotatable bonds is 2. The van der Waals surface area contributed by atoms with Crippen LogP contribution < -0.4 is 0 Å². The van der Waals surface area contributed by atoms with Gasteiger partial charge in [-0.15, -0.1) is 0 Å². The zero-order valence-corrected chi connectivity index (χ0v) is 16.7. The second-order valence-corrected chi connectivity index (χ2v) is 7.39. The van der Waals surface area contributed by atoms with E-state index in [0.29, 0.717) is 27.8 Å². The highest BCUT2D eigenvalue weighted by molar-refractivity contribution is 6.10. The first kappa shape index (κ1) is 20.1. The second-order valence-electron chi connectivity index (χ2n) is 7.39. The molecule has 0 atom stereocenters. The Kier molecular flexibility index (Phi) is 4.47. The molecule has 0 saturated carbocycles. The van der Waals surface area contributed by atoms with Crippen LogP contribution in [0.3, 0.4) is 0 Å². The molecule has 0 bridgehead atoms. The Labute approximate surface area is 178 Å². The van der Waals surface area contributed by atoms with E-state index in [4.69, 9.17) is 4.42 Å². The molecule has 0 N–H and O–H groups in total. The number of aryl methyl sites for hydroxylation is 2. The van der Waals surface area contributed by atoms with Crippen molar-refractivity contribution in [2.24, 2.45) is 0 Å². The average Bonchev–Trinajstić information content (AvgIpc) is 3.14. The molecule has 3 nitrogen and oxygen atoms in total. The summed E-state index contributed by atoms with van der Waals surface area (Å²) < 4.78 is 76.7. The van der Waals surface area contributed by atoms with Crippen LogP contribution in [0.15, 0.2) is 47.0 Å². The molecule has 32 heavy (non-hydrogen) atoms. The Balaban J connectivity index is 1.89. The molecular weight excluding hydrogens is 427 g/mol. The first-order valence-corrected chi connectivity index (χ1v) is 9.56. The summed E-state index contributed by atoms with van der Waals surface area (Å²) in [6.45, 7) is 3.54. The van der Waals surface area contributed by atoms with Gasteiger partial charge in [-0.3, -0.25) is 4.98 Å². The lowest BCUT2D eigenvalue weighted by Crippen LogP contribution is -2.05. The average molecular weight is 440 g/mol. The van der Waals surface area contributed by atoms with Gasteiger partial charge in [0.1, 0.15) is 5.58 Å². The van der Waals surface area contributed by atoms with Crippen molar-refractivity contribution in [3.05, 3.63) is 82.9 Å². The summed E-state index contributed by atoms with van der Waals surface area (Å²) in [5, 5.41) is 1.41. The molecule has 3 aromatic heterocycles. The number of halogens is 5. The van der Waals surface area contributed by atoms with E-state index >= 15 is 0 Å². The van der Waals surface area contributed by atoms with E-state index in [1.807, 2.05) is 18.2 Å². The van der Waals surface area contributed by atoms with Crippen molar-refractivity contribution < 1.29 is 26.4 Å². The molecule has 160 valence electrons. The molecule has 0 fully saturated rings. The Hall–Kier alpha value is -3.81. The fourth-order valence-corrected chi connectivity index (χ4v) is 3.85. The molecule has 3 heterocycles. The number of pyridine rings is 2. The standard InChI is InChI=1S/C24H13F5N2O/c1-10-5-7-12-13-8-6-11(2)31-24(13)32-23(12)15(10)22-14(4-3-9-30-22)16-17(25)19(27)21(29)20(28)18(16)26/h3-9H,1-2H3. The van der Waals surface area contributed by atoms with E-state index in [-0.39, 0.29) is 11.3 Å². The molecule has 0 saturated heterocycles. The monoisotopic (exact) mass is 440 g/mol. The number of benzene rings is 2. The SMILES string of the molecule is Cc1ccc2c(n1)oc1c(-c3ncccc3-c3c(F)c(F)c(F)c(F)c3F)c(C)ccc12. The highest BCUT2D eigenvalue weighted by Gasteiger charge is 2.29. The lowest BCUT2D eigenvalue weighted by atomic mass is 9.94. The van der Waals surface area contributed by atoms with E-state index in [2.05, 4.69) is 9.97 Å². The van der Waals surface area contributed by atoms with Gasteiger partial charge < -0.3 is 4.42 Å². The highest BCUT2D eigenvalue weighted by Crippen LogP contribution is 2.42. The van der Waals surface area contributed by atoms with E-state index in [9.17, 15) is 22.0 Å². The fourth-order valence-electron chi connectivity index (χ4n) is 3.85. The molecule has 0 aliphatic rings. The van der Waals surface area contributed by atoms with Gasteiger partial charge in [0.05, 0.1) is 11.3 Å². The molecule has 0 aliphatic heterocycles. The first-order chi connectivity index (χ1) is 15.3. The minimum absolute atomic E-state index is 0.0228. The minimum atomic E-state index is -2.22. The number of nitrogens with zero attached hydrogens (tertiary/aromatic N) is 2. The zero-order valence-electron chi connectivity index (χ0n) is 16.7. The molecule has 0 aliphatic carbocycles. The molecule has 0 unspecified atom stereocenters. The number of furan rings is 1. The predicted molar refractivity (Wildman–Crippen MR) is 109 cm³/mol. The van der Waals surface area contributed by atoms with Crippen molar-refractivity contribution in [1.29, 1.82) is 0 Å². The van der Waals surface area contributed by atoms with Crippen molar-refractivity contribution in [3.8, 4) is 22.4 Å². The third-order valence-electron chi connectivity index (χ3n) is 5.38. The van der Waals surface area contributed by atoms with Crippen LogP contribution in [0, 0.1) is 42.9 Å². The van der Waals surface area contributed by atoms with Crippen LogP contribution in [0.1, 0.15) is 11.3 Å². The van der Waals surface area contributed by atoms with Crippen molar-refractivity contribution in [1.82, 2.24) is 9.97 Å².